The number of nitrogens with one attached hydrogen (secondary N) is 1. The lowest BCUT2D eigenvalue weighted by Crippen LogP contribution is -2.31. The number of allylic oxidation sites excluding steroid dienone is 4. The van der Waals surface area contributed by atoms with Crippen LogP contribution in [0.25, 0.3) is 0 Å². The Labute approximate surface area is 197 Å². The zero-order chi connectivity index (χ0) is 24.8. The summed E-state index contributed by atoms with van der Waals surface area (Å²) in [5.74, 6) is 0.430. The predicted molar refractivity (Wildman–Crippen MR) is 137 cm³/mol. The molecular weight excluding hydrogens is 424 g/mol. The molecule has 2 N–H and O–H groups in total. The highest BCUT2D eigenvalue weighted by Gasteiger charge is 2.18. The summed E-state index contributed by atoms with van der Waals surface area (Å²) >= 11 is 0.956. The van der Waals surface area contributed by atoms with E-state index in [0.717, 1.165) is 29.3 Å². The average molecular weight is 463 g/mol. The standard InChI is InChI=1S/C19H24N2O4S.C4H8.C2H6/c1-4-6-15(5-2)17(21-24)12-25-16-9-7-14(8-10-16)11-18(26-13-22)19(23)20-3;1-3-4-2;1-2/h4-10,13,18,24H,11-12H2,1-3H3,(H,20,23);3H,1,4H2,2H3;1-2H3/b6-4-,15-5+,21-17+;;. The van der Waals surface area contributed by atoms with Gasteiger partial charge in [-0.05, 0) is 50.0 Å². The highest BCUT2D eigenvalue weighted by Crippen LogP contribution is 2.18. The molecule has 0 aliphatic carbocycles. The molecule has 0 bridgehead atoms. The van der Waals surface area contributed by atoms with Crippen molar-refractivity contribution >= 4 is 29.0 Å². The van der Waals surface area contributed by atoms with Crippen LogP contribution >= 0.6 is 11.8 Å². The molecule has 0 saturated heterocycles. The van der Waals surface area contributed by atoms with Gasteiger partial charge in [-0.3, -0.25) is 9.59 Å². The van der Waals surface area contributed by atoms with E-state index in [9.17, 15) is 9.59 Å². The summed E-state index contributed by atoms with van der Waals surface area (Å²) in [7, 11) is 1.55. The first-order valence-electron chi connectivity index (χ1n) is 10.6. The van der Waals surface area contributed by atoms with Crippen LogP contribution in [0.1, 0.15) is 46.6 Å². The third kappa shape index (κ3) is 13.5. The first kappa shape index (κ1) is 31.4. The lowest BCUT2D eigenvalue weighted by atomic mass is 10.1. The van der Waals surface area contributed by atoms with Crippen LogP contribution in [0.4, 0.5) is 0 Å². The molecule has 1 unspecified atom stereocenters. The Morgan fingerprint density at radius 1 is 1.28 bits per heavy atom. The van der Waals surface area contributed by atoms with Crippen molar-refractivity contribution in [3.05, 3.63) is 66.3 Å². The molecule has 1 aromatic carbocycles. The number of benzene rings is 1. The summed E-state index contributed by atoms with van der Waals surface area (Å²) in [6.07, 6.45) is 8.93. The Balaban J connectivity index is 0. The molecule has 1 amide bonds. The van der Waals surface area contributed by atoms with Gasteiger partial charge in [-0.15, -0.1) is 6.58 Å². The predicted octanol–water partition coefficient (Wildman–Crippen LogP) is 5.61. The van der Waals surface area contributed by atoms with Gasteiger partial charge in [-0.2, -0.15) is 0 Å². The van der Waals surface area contributed by atoms with Crippen LogP contribution in [0.15, 0.2) is 65.9 Å². The van der Waals surface area contributed by atoms with Crippen LogP contribution in [-0.2, 0) is 16.0 Å². The quantitative estimate of drug-likeness (QED) is 0.111. The van der Waals surface area contributed by atoms with E-state index in [-0.39, 0.29) is 12.5 Å². The summed E-state index contributed by atoms with van der Waals surface area (Å²) in [6.45, 7) is 13.4. The topological polar surface area (TPSA) is 88.0 Å². The molecule has 0 saturated carbocycles. The van der Waals surface area contributed by atoms with E-state index >= 15 is 0 Å². The second-order valence-corrected chi connectivity index (χ2v) is 6.99. The van der Waals surface area contributed by atoms with Gasteiger partial charge >= 0.3 is 0 Å². The molecule has 0 aliphatic rings. The molecule has 32 heavy (non-hydrogen) atoms. The van der Waals surface area contributed by atoms with E-state index in [0.29, 0.717) is 23.5 Å². The van der Waals surface area contributed by atoms with Crippen molar-refractivity contribution < 1.29 is 19.5 Å². The smallest absolute Gasteiger partial charge is 0.233 e. The number of thioether (sulfide) groups is 1. The third-order valence-corrected chi connectivity index (χ3v) is 4.70. The average Bonchev–Trinajstić information content (AvgIpc) is 2.85. The number of rotatable bonds is 11. The van der Waals surface area contributed by atoms with Gasteiger partial charge in [0.2, 0.25) is 5.91 Å². The molecule has 0 heterocycles. The molecule has 0 radical (unpaired) electrons. The normalized spacial score (nSPS) is 11.9. The van der Waals surface area contributed by atoms with Crippen LogP contribution in [0.3, 0.4) is 0 Å². The van der Waals surface area contributed by atoms with Crippen molar-refractivity contribution in [2.75, 3.05) is 13.7 Å². The van der Waals surface area contributed by atoms with Crippen LogP contribution < -0.4 is 10.1 Å². The van der Waals surface area contributed by atoms with Crippen molar-refractivity contribution in [2.45, 2.75) is 52.7 Å². The summed E-state index contributed by atoms with van der Waals surface area (Å²) in [5, 5.41) is 14.6. The van der Waals surface area contributed by atoms with Gasteiger partial charge in [0.05, 0.1) is 5.25 Å². The largest absolute Gasteiger partial charge is 0.487 e. The number of amides is 1. The van der Waals surface area contributed by atoms with Gasteiger partial charge in [-0.25, -0.2) is 0 Å². The molecular formula is C25H38N2O4S. The Kier molecular flexibility index (Phi) is 21.0. The molecule has 0 fully saturated rings. The van der Waals surface area contributed by atoms with E-state index in [2.05, 4.69) is 24.0 Å². The maximum absolute atomic E-state index is 11.8. The fourth-order valence-electron chi connectivity index (χ4n) is 2.23. The van der Waals surface area contributed by atoms with E-state index < -0.39 is 5.25 Å². The molecule has 0 aromatic heterocycles. The van der Waals surface area contributed by atoms with Crippen molar-refractivity contribution in [3.8, 4) is 5.75 Å². The van der Waals surface area contributed by atoms with Crippen molar-refractivity contribution in [1.29, 1.82) is 0 Å². The van der Waals surface area contributed by atoms with Gasteiger partial charge in [0, 0.05) is 7.05 Å². The Morgan fingerprint density at radius 2 is 1.88 bits per heavy atom. The minimum absolute atomic E-state index is 0.127. The van der Waals surface area contributed by atoms with Crippen LogP contribution in [-0.4, -0.2) is 41.3 Å². The van der Waals surface area contributed by atoms with Gasteiger partial charge in [0.15, 0.2) is 5.62 Å². The maximum atomic E-state index is 11.8. The number of nitrogens with zero attached hydrogens (tertiary/aromatic N) is 1. The number of carbonyl (C=O) groups is 2. The molecule has 0 spiro atoms. The van der Waals surface area contributed by atoms with Gasteiger partial charge in [0.1, 0.15) is 18.1 Å². The minimum atomic E-state index is -0.463. The van der Waals surface area contributed by atoms with E-state index in [4.69, 9.17) is 9.94 Å². The number of hydrogen-bond acceptors (Lipinski definition) is 6. The first-order chi connectivity index (χ1) is 15.5. The fraction of sp³-hybridized carbons (Fsp3) is 0.400. The zero-order valence-electron chi connectivity index (χ0n) is 20.1. The summed E-state index contributed by atoms with van der Waals surface area (Å²) in [5.41, 5.74) is 2.80. The molecule has 7 heteroatoms. The summed E-state index contributed by atoms with van der Waals surface area (Å²) < 4.78 is 5.66. The minimum Gasteiger partial charge on any atom is -0.487 e. The van der Waals surface area contributed by atoms with E-state index in [1.165, 1.54) is 0 Å². The van der Waals surface area contributed by atoms with Crippen molar-refractivity contribution in [1.82, 2.24) is 5.32 Å². The molecule has 178 valence electrons. The monoisotopic (exact) mass is 462 g/mol. The SMILES string of the molecule is C=CCC.CC.C\C=C/C(=C\C)C(/COc1ccc(CC(SC=O)C(=O)NC)cc1)=N/O. The van der Waals surface area contributed by atoms with Crippen LogP contribution in [0, 0.1) is 0 Å². The zero-order valence-corrected chi connectivity index (χ0v) is 20.9. The van der Waals surface area contributed by atoms with Crippen LogP contribution in [0.2, 0.25) is 0 Å². The first-order valence-corrected chi connectivity index (χ1v) is 11.6. The maximum Gasteiger partial charge on any atom is 0.233 e. The van der Waals surface area contributed by atoms with Gasteiger partial charge in [-0.1, -0.05) is 74.1 Å². The second kappa shape index (κ2) is 21.4. The summed E-state index contributed by atoms with van der Waals surface area (Å²) in [6, 6.07) is 7.24. The van der Waals surface area contributed by atoms with E-state index in [1.54, 1.807) is 19.2 Å². The van der Waals surface area contributed by atoms with Gasteiger partial charge in [0.25, 0.3) is 0 Å². The van der Waals surface area contributed by atoms with Crippen molar-refractivity contribution in [2.24, 2.45) is 5.16 Å². The molecule has 1 rings (SSSR count). The number of hydrogen-bond donors (Lipinski definition) is 2. The third-order valence-electron chi connectivity index (χ3n) is 3.88. The second-order valence-electron chi connectivity index (χ2n) is 5.96. The Bertz CT molecular complexity index is 741. The fourth-order valence-corrected chi connectivity index (χ4v) is 2.89. The highest BCUT2D eigenvalue weighted by molar-refractivity contribution is 8.13. The number of oxime groups is 1. The lowest BCUT2D eigenvalue weighted by Gasteiger charge is -2.13. The van der Waals surface area contributed by atoms with E-state index in [1.807, 2.05) is 64.1 Å². The Hall–Kier alpha value is -2.80. The molecule has 6 nitrogen and oxygen atoms in total. The van der Waals surface area contributed by atoms with Crippen molar-refractivity contribution in [3.63, 3.8) is 0 Å². The molecule has 1 aromatic rings. The molecule has 0 aliphatic heterocycles. The number of carbonyl (C=O) groups excluding carboxylic acids is 2. The van der Waals surface area contributed by atoms with Gasteiger partial charge < -0.3 is 15.3 Å². The lowest BCUT2D eigenvalue weighted by molar-refractivity contribution is -0.120. The molecule has 1 atom stereocenters. The summed E-state index contributed by atoms with van der Waals surface area (Å²) in [4.78, 5) is 22.5. The number of ether oxygens (including phenoxy) is 1. The Morgan fingerprint density at radius 3 is 2.28 bits per heavy atom. The highest BCUT2D eigenvalue weighted by atomic mass is 32.2. The van der Waals surface area contributed by atoms with Crippen LogP contribution in [0.5, 0.6) is 5.75 Å².